The lowest BCUT2D eigenvalue weighted by Gasteiger charge is -2.30. The minimum Gasteiger partial charge on any atom is -0.490 e. The molecular formula is C17H20ClN3O2S. The Morgan fingerprint density at radius 3 is 3.12 bits per heavy atom. The number of halogens is 1. The smallest absolute Gasteiger partial charge is 0.239 e. The van der Waals surface area contributed by atoms with Gasteiger partial charge in [-0.1, -0.05) is 18.5 Å². The molecule has 0 bridgehead atoms. The summed E-state index contributed by atoms with van der Waals surface area (Å²) in [5, 5.41) is 4.68. The topological polar surface area (TPSA) is 54.5 Å². The second kappa shape index (κ2) is 7.40. The van der Waals surface area contributed by atoms with Crippen LogP contribution >= 0.6 is 22.9 Å². The molecule has 0 unspecified atom stereocenters. The highest BCUT2D eigenvalue weighted by Gasteiger charge is 2.21. The van der Waals surface area contributed by atoms with E-state index in [9.17, 15) is 4.79 Å². The maximum Gasteiger partial charge on any atom is 0.239 e. The standard InChI is InChI=1S/C17H20ClN3O2S/c1-11(17-20-9-12(2)24-17)8-19-16(22)10-21-5-6-23-15-4-3-13(18)7-14(15)21/h3-4,7,9,11H,5-6,8,10H2,1-2H3,(H,19,22)/t11-/m0/s1. The van der Waals surface area contributed by atoms with Crippen LogP contribution in [0.25, 0.3) is 0 Å². The number of carbonyl (C=O) groups excluding carboxylic acids is 1. The minimum atomic E-state index is -0.0112. The van der Waals surface area contributed by atoms with Gasteiger partial charge in [0.1, 0.15) is 12.4 Å². The fourth-order valence-electron chi connectivity index (χ4n) is 2.59. The fraction of sp³-hybridized carbons (Fsp3) is 0.412. The maximum absolute atomic E-state index is 12.3. The Bertz CT molecular complexity index is 734. The van der Waals surface area contributed by atoms with Crippen LogP contribution in [0.3, 0.4) is 0 Å². The third-order valence-corrected chi connectivity index (χ3v) is 5.26. The van der Waals surface area contributed by atoms with Crippen LogP contribution in [-0.2, 0) is 4.79 Å². The summed E-state index contributed by atoms with van der Waals surface area (Å²) in [6.07, 6.45) is 1.87. The number of ether oxygens (including phenoxy) is 1. The number of benzene rings is 1. The van der Waals surface area contributed by atoms with Crippen LogP contribution in [0.1, 0.15) is 22.7 Å². The first-order valence-electron chi connectivity index (χ1n) is 7.89. The molecule has 1 N–H and O–H groups in total. The Kier molecular flexibility index (Phi) is 5.26. The van der Waals surface area contributed by atoms with Gasteiger partial charge in [-0.25, -0.2) is 4.98 Å². The number of nitrogens with zero attached hydrogens (tertiary/aromatic N) is 2. The number of hydrogen-bond donors (Lipinski definition) is 1. The van der Waals surface area contributed by atoms with Crippen molar-refractivity contribution >= 4 is 34.5 Å². The van der Waals surface area contributed by atoms with E-state index in [0.29, 0.717) is 31.3 Å². The number of fused-ring (bicyclic) bond motifs is 1. The van der Waals surface area contributed by atoms with E-state index in [1.165, 1.54) is 4.88 Å². The number of rotatable bonds is 5. The molecule has 0 saturated heterocycles. The second-order valence-corrected chi connectivity index (χ2v) is 7.60. The molecule has 0 radical (unpaired) electrons. The van der Waals surface area contributed by atoms with Gasteiger partial charge in [0.2, 0.25) is 5.91 Å². The fourth-order valence-corrected chi connectivity index (χ4v) is 3.59. The molecule has 1 aliphatic rings. The first-order valence-corrected chi connectivity index (χ1v) is 9.08. The van der Waals surface area contributed by atoms with E-state index in [0.717, 1.165) is 16.4 Å². The number of anilines is 1. The van der Waals surface area contributed by atoms with E-state index in [1.54, 1.807) is 17.4 Å². The molecular weight excluding hydrogens is 346 g/mol. The van der Waals surface area contributed by atoms with Crippen molar-refractivity contribution in [1.82, 2.24) is 10.3 Å². The number of amides is 1. The third-order valence-electron chi connectivity index (χ3n) is 3.88. The van der Waals surface area contributed by atoms with Gasteiger partial charge in [0.05, 0.1) is 23.8 Å². The van der Waals surface area contributed by atoms with Crippen molar-refractivity contribution in [3.05, 3.63) is 39.3 Å². The van der Waals surface area contributed by atoms with Gasteiger partial charge in [-0.3, -0.25) is 4.79 Å². The minimum absolute atomic E-state index is 0.0112. The van der Waals surface area contributed by atoms with Gasteiger partial charge < -0.3 is 15.0 Å². The molecule has 0 fully saturated rings. The van der Waals surface area contributed by atoms with Gasteiger partial charge in [-0.05, 0) is 25.1 Å². The molecule has 0 saturated carbocycles. The van der Waals surface area contributed by atoms with Gasteiger partial charge in [0.25, 0.3) is 0 Å². The Labute approximate surface area is 150 Å². The van der Waals surface area contributed by atoms with Gasteiger partial charge in [-0.2, -0.15) is 0 Å². The molecule has 7 heteroatoms. The Hall–Kier alpha value is -1.79. The van der Waals surface area contributed by atoms with Gasteiger partial charge in [0, 0.05) is 28.6 Å². The third kappa shape index (κ3) is 3.99. The lowest BCUT2D eigenvalue weighted by atomic mass is 10.2. The molecule has 1 atom stereocenters. The van der Waals surface area contributed by atoms with Crippen molar-refractivity contribution in [1.29, 1.82) is 0 Å². The number of carbonyl (C=O) groups is 1. The van der Waals surface area contributed by atoms with Crippen LogP contribution in [0.2, 0.25) is 5.02 Å². The average molecular weight is 366 g/mol. The van der Waals surface area contributed by atoms with E-state index in [1.807, 2.05) is 30.2 Å². The lowest BCUT2D eigenvalue weighted by molar-refractivity contribution is -0.119. The number of aryl methyl sites for hydroxylation is 1. The van der Waals surface area contributed by atoms with Crippen LogP contribution in [0.15, 0.2) is 24.4 Å². The molecule has 0 spiro atoms. The first kappa shape index (κ1) is 17.0. The first-order chi connectivity index (χ1) is 11.5. The zero-order chi connectivity index (χ0) is 17.1. The summed E-state index contributed by atoms with van der Waals surface area (Å²) in [5.41, 5.74) is 0.868. The SMILES string of the molecule is Cc1cnc([C@@H](C)CNC(=O)CN2CCOc3ccc(Cl)cc32)s1. The van der Waals surface area contributed by atoms with E-state index < -0.39 is 0 Å². The number of hydrogen-bond acceptors (Lipinski definition) is 5. The molecule has 0 aliphatic carbocycles. The summed E-state index contributed by atoms with van der Waals surface area (Å²) in [6, 6.07) is 5.47. The predicted molar refractivity (Wildman–Crippen MR) is 97.4 cm³/mol. The normalized spacial score (nSPS) is 14.7. The summed E-state index contributed by atoms with van der Waals surface area (Å²) in [5.74, 6) is 0.965. The zero-order valence-electron chi connectivity index (χ0n) is 13.7. The highest BCUT2D eigenvalue weighted by molar-refractivity contribution is 7.11. The largest absolute Gasteiger partial charge is 0.490 e. The van der Waals surface area contributed by atoms with Crippen LogP contribution in [0.5, 0.6) is 5.75 Å². The average Bonchev–Trinajstić information content (AvgIpc) is 3.00. The predicted octanol–water partition coefficient (Wildman–Crippen LogP) is 3.22. The van der Waals surface area contributed by atoms with Crippen molar-refractivity contribution in [2.75, 3.05) is 31.1 Å². The highest BCUT2D eigenvalue weighted by atomic mass is 35.5. The second-order valence-electron chi connectivity index (χ2n) is 5.90. The maximum atomic E-state index is 12.3. The van der Waals surface area contributed by atoms with Crippen LogP contribution in [-0.4, -0.2) is 37.1 Å². The van der Waals surface area contributed by atoms with Gasteiger partial charge in [-0.15, -0.1) is 11.3 Å². The summed E-state index contributed by atoms with van der Waals surface area (Å²) in [4.78, 5) is 19.9. The van der Waals surface area contributed by atoms with Crippen LogP contribution < -0.4 is 15.0 Å². The molecule has 2 aromatic rings. The molecule has 1 aliphatic heterocycles. The molecule has 3 rings (SSSR count). The highest BCUT2D eigenvalue weighted by Crippen LogP contribution is 2.33. The quantitative estimate of drug-likeness (QED) is 0.883. The van der Waals surface area contributed by atoms with Gasteiger partial charge in [0.15, 0.2) is 0 Å². The summed E-state index contributed by atoms with van der Waals surface area (Å²) in [6.45, 7) is 6.22. The van der Waals surface area contributed by atoms with Crippen LogP contribution in [0.4, 0.5) is 5.69 Å². The molecule has 128 valence electrons. The molecule has 1 amide bonds. The monoisotopic (exact) mass is 365 g/mol. The summed E-state index contributed by atoms with van der Waals surface area (Å²) >= 11 is 7.73. The molecule has 24 heavy (non-hydrogen) atoms. The molecule has 1 aromatic carbocycles. The molecule has 5 nitrogen and oxygen atoms in total. The van der Waals surface area contributed by atoms with E-state index >= 15 is 0 Å². The Morgan fingerprint density at radius 1 is 1.54 bits per heavy atom. The number of nitrogens with one attached hydrogen (secondary N) is 1. The summed E-state index contributed by atoms with van der Waals surface area (Å²) in [7, 11) is 0. The van der Waals surface area contributed by atoms with Crippen molar-refractivity contribution in [3.8, 4) is 5.75 Å². The van der Waals surface area contributed by atoms with Crippen LogP contribution in [0, 0.1) is 6.92 Å². The molecule has 2 heterocycles. The van der Waals surface area contributed by atoms with E-state index in [-0.39, 0.29) is 11.8 Å². The zero-order valence-corrected chi connectivity index (χ0v) is 15.3. The Morgan fingerprint density at radius 2 is 2.38 bits per heavy atom. The number of aromatic nitrogens is 1. The van der Waals surface area contributed by atoms with Gasteiger partial charge >= 0.3 is 0 Å². The van der Waals surface area contributed by atoms with Crippen molar-refractivity contribution < 1.29 is 9.53 Å². The van der Waals surface area contributed by atoms with Crippen molar-refractivity contribution in [2.45, 2.75) is 19.8 Å². The van der Waals surface area contributed by atoms with E-state index in [4.69, 9.17) is 16.3 Å². The van der Waals surface area contributed by atoms with Crippen molar-refractivity contribution in [2.24, 2.45) is 0 Å². The number of thiazole rings is 1. The van der Waals surface area contributed by atoms with E-state index in [2.05, 4.69) is 17.2 Å². The lowest BCUT2D eigenvalue weighted by Crippen LogP contribution is -2.42. The molecule has 1 aromatic heterocycles. The Balaban J connectivity index is 1.57. The summed E-state index contributed by atoms with van der Waals surface area (Å²) < 4.78 is 5.61. The van der Waals surface area contributed by atoms with Crippen molar-refractivity contribution in [3.63, 3.8) is 0 Å².